The fourth-order valence-electron chi connectivity index (χ4n) is 0.964. The summed E-state index contributed by atoms with van der Waals surface area (Å²) in [6, 6.07) is 4.42. The molecular formula is C8H8NO3. The Bertz CT molecular complexity index is 309. The van der Waals surface area contributed by atoms with Crippen LogP contribution in [0.4, 0.5) is 5.69 Å². The number of nitrogens with zero attached hydrogens (tertiary/aromatic N) is 1. The highest BCUT2D eigenvalue weighted by molar-refractivity contribution is 5.42. The molecule has 0 atom stereocenters. The highest BCUT2D eigenvalue weighted by Crippen LogP contribution is 2.18. The molecule has 1 radical (unpaired) electrons. The highest BCUT2D eigenvalue weighted by Gasteiger charge is 2.09. The molecule has 0 saturated heterocycles. The first-order valence-electron chi connectivity index (χ1n) is 3.37. The Morgan fingerprint density at radius 2 is 2.25 bits per heavy atom. The summed E-state index contributed by atoms with van der Waals surface area (Å²) in [5, 5.41) is 19.0. The third kappa shape index (κ3) is 1.60. The van der Waals surface area contributed by atoms with Crippen LogP contribution in [0.15, 0.2) is 18.2 Å². The Hall–Kier alpha value is -1.42. The van der Waals surface area contributed by atoms with Gasteiger partial charge in [-0.05, 0) is 24.6 Å². The average Bonchev–Trinajstić information content (AvgIpc) is 2.03. The maximum Gasteiger partial charge on any atom is 0.272 e. The Kier molecular flexibility index (Phi) is 2.40. The van der Waals surface area contributed by atoms with Crippen molar-refractivity contribution in [2.75, 3.05) is 0 Å². The number of aliphatic hydroxyl groups excluding tert-OH is 1. The standard InChI is InChI=1S/C8H8NO3/c1-6-4-7(5-10)2-3-8(6)9(11)12/h2-5,10H,1H3. The van der Waals surface area contributed by atoms with Crippen molar-refractivity contribution in [3.8, 4) is 0 Å². The van der Waals surface area contributed by atoms with Gasteiger partial charge in [-0.2, -0.15) is 0 Å². The molecule has 0 unspecified atom stereocenters. The topological polar surface area (TPSA) is 63.4 Å². The second-order valence-corrected chi connectivity index (χ2v) is 2.43. The molecule has 0 spiro atoms. The number of hydrogen-bond donors (Lipinski definition) is 1. The predicted molar refractivity (Wildman–Crippen MR) is 43.2 cm³/mol. The van der Waals surface area contributed by atoms with Gasteiger partial charge in [0.1, 0.15) is 6.61 Å². The van der Waals surface area contributed by atoms with Crippen LogP contribution in [0.1, 0.15) is 11.1 Å². The maximum absolute atomic E-state index is 10.4. The second-order valence-electron chi connectivity index (χ2n) is 2.43. The summed E-state index contributed by atoms with van der Waals surface area (Å²) in [6.07, 6.45) is 0. The van der Waals surface area contributed by atoms with Crippen LogP contribution < -0.4 is 0 Å². The van der Waals surface area contributed by atoms with Crippen molar-refractivity contribution in [2.45, 2.75) is 6.92 Å². The van der Waals surface area contributed by atoms with Crippen LogP contribution in [0.5, 0.6) is 0 Å². The zero-order chi connectivity index (χ0) is 9.14. The summed E-state index contributed by atoms with van der Waals surface area (Å²) in [6.45, 7) is 2.54. The van der Waals surface area contributed by atoms with Crippen molar-refractivity contribution < 1.29 is 10.0 Å². The molecule has 1 aromatic rings. The monoisotopic (exact) mass is 166 g/mol. The fourth-order valence-corrected chi connectivity index (χ4v) is 0.964. The van der Waals surface area contributed by atoms with Gasteiger partial charge in [0.05, 0.1) is 4.92 Å². The van der Waals surface area contributed by atoms with Gasteiger partial charge in [-0.1, -0.05) is 0 Å². The van der Waals surface area contributed by atoms with Crippen LogP contribution in [0.25, 0.3) is 0 Å². The van der Waals surface area contributed by atoms with E-state index >= 15 is 0 Å². The summed E-state index contributed by atoms with van der Waals surface area (Å²) in [7, 11) is 0. The summed E-state index contributed by atoms with van der Waals surface area (Å²) in [5.74, 6) is 0. The van der Waals surface area contributed by atoms with Gasteiger partial charge in [0.25, 0.3) is 5.69 Å². The number of aliphatic hydroxyl groups is 1. The van der Waals surface area contributed by atoms with E-state index in [2.05, 4.69) is 0 Å². The quantitative estimate of drug-likeness (QED) is 0.538. The number of aryl methyl sites for hydroxylation is 1. The van der Waals surface area contributed by atoms with Crippen LogP contribution >= 0.6 is 0 Å². The van der Waals surface area contributed by atoms with Crippen molar-refractivity contribution in [1.82, 2.24) is 0 Å². The minimum atomic E-state index is -0.448. The Morgan fingerprint density at radius 1 is 1.58 bits per heavy atom. The zero-order valence-electron chi connectivity index (χ0n) is 6.52. The van der Waals surface area contributed by atoms with Crippen LogP contribution in [-0.2, 0) is 0 Å². The summed E-state index contributed by atoms with van der Waals surface area (Å²) >= 11 is 0. The van der Waals surface area contributed by atoms with Crippen molar-refractivity contribution in [3.63, 3.8) is 0 Å². The van der Waals surface area contributed by atoms with Crippen LogP contribution in [-0.4, -0.2) is 10.0 Å². The van der Waals surface area contributed by atoms with Gasteiger partial charge in [-0.15, -0.1) is 0 Å². The van der Waals surface area contributed by atoms with E-state index in [-0.39, 0.29) is 5.69 Å². The lowest BCUT2D eigenvalue weighted by Crippen LogP contribution is -1.92. The molecule has 0 aliphatic rings. The molecule has 4 nitrogen and oxygen atoms in total. The van der Waals surface area contributed by atoms with E-state index in [0.717, 1.165) is 6.61 Å². The number of benzene rings is 1. The first-order valence-corrected chi connectivity index (χ1v) is 3.37. The molecular weight excluding hydrogens is 158 g/mol. The van der Waals surface area contributed by atoms with E-state index in [1.165, 1.54) is 12.1 Å². The lowest BCUT2D eigenvalue weighted by molar-refractivity contribution is -0.385. The molecule has 0 saturated carbocycles. The number of nitro groups is 1. The molecule has 0 fully saturated rings. The normalized spacial score (nSPS) is 9.83. The average molecular weight is 166 g/mol. The number of rotatable bonds is 2. The molecule has 0 amide bonds. The summed E-state index contributed by atoms with van der Waals surface area (Å²) in [5.41, 5.74) is 1.18. The number of nitro benzene ring substituents is 1. The maximum atomic E-state index is 10.4. The number of hydrogen-bond acceptors (Lipinski definition) is 3. The van der Waals surface area contributed by atoms with Gasteiger partial charge in [0.15, 0.2) is 0 Å². The van der Waals surface area contributed by atoms with Gasteiger partial charge in [0, 0.05) is 11.6 Å². The molecule has 0 aromatic heterocycles. The molecule has 1 N–H and O–H groups in total. The van der Waals surface area contributed by atoms with E-state index in [4.69, 9.17) is 5.11 Å². The van der Waals surface area contributed by atoms with Gasteiger partial charge in [0.2, 0.25) is 0 Å². The van der Waals surface area contributed by atoms with Crippen molar-refractivity contribution in [1.29, 1.82) is 0 Å². The molecule has 4 heteroatoms. The molecule has 1 rings (SSSR count). The van der Waals surface area contributed by atoms with Crippen molar-refractivity contribution >= 4 is 5.69 Å². The third-order valence-corrected chi connectivity index (χ3v) is 1.57. The van der Waals surface area contributed by atoms with Crippen LogP contribution in [0.2, 0.25) is 0 Å². The molecule has 12 heavy (non-hydrogen) atoms. The second kappa shape index (κ2) is 3.32. The van der Waals surface area contributed by atoms with Gasteiger partial charge in [-0.3, -0.25) is 10.1 Å². The molecule has 63 valence electrons. The SMILES string of the molecule is Cc1cc([CH]O)ccc1[N+](=O)[O-]. The van der Waals surface area contributed by atoms with Gasteiger partial charge >= 0.3 is 0 Å². The van der Waals surface area contributed by atoms with E-state index in [1.54, 1.807) is 13.0 Å². The molecule has 0 aliphatic carbocycles. The third-order valence-electron chi connectivity index (χ3n) is 1.57. The van der Waals surface area contributed by atoms with Gasteiger partial charge < -0.3 is 5.11 Å². The molecule has 0 bridgehead atoms. The Morgan fingerprint density at radius 3 is 2.67 bits per heavy atom. The van der Waals surface area contributed by atoms with E-state index in [0.29, 0.717) is 11.1 Å². The van der Waals surface area contributed by atoms with Crippen LogP contribution in [0.3, 0.4) is 0 Å². The van der Waals surface area contributed by atoms with E-state index < -0.39 is 4.92 Å². The van der Waals surface area contributed by atoms with Crippen molar-refractivity contribution in [3.05, 3.63) is 46.0 Å². The van der Waals surface area contributed by atoms with E-state index in [9.17, 15) is 10.1 Å². The van der Waals surface area contributed by atoms with Crippen molar-refractivity contribution in [2.24, 2.45) is 0 Å². The van der Waals surface area contributed by atoms with Crippen LogP contribution in [0, 0.1) is 23.6 Å². The minimum Gasteiger partial charge on any atom is -0.385 e. The zero-order valence-corrected chi connectivity index (χ0v) is 6.52. The van der Waals surface area contributed by atoms with E-state index in [1.807, 2.05) is 0 Å². The first-order chi connectivity index (χ1) is 5.65. The summed E-state index contributed by atoms with van der Waals surface area (Å²) < 4.78 is 0. The minimum absolute atomic E-state index is 0.0700. The predicted octanol–water partition coefficient (Wildman–Crippen LogP) is 1.79. The Labute approximate surface area is 69.6 Å². The summed E-state index contributed by atoms with van der Waals surface area (Å²) in [4.78, 5) is 9.91. The van der Waals surface area contributed by atoms with Gasteiger partial charge in [-0.25, -0.2) is 0 Å². The Balaban J connectivity index is 3.12. The lowest BCUT2D eigenvalue weighted by atomic mass is 10.1. The largest absolute Gasteiger partial charge is 0.385 e. The highest BCUT2D eigenvalue weighted by atomic mass is 16.6. The first kappa shape index (κ1) is 8.67. The smallest absolute Gasteiger partial charge is 0.272 e. The molecule has 0 heterocycles. The fraction of sp³-hybridized carbons (Fsp3) is 0.125. The molecule has 0 aliphatic heterocycles. The molecule has 1 aromatic carbocycles. The lowest BCUT2D eigenvalue weighted by Gasteiger charge is -1.98.